The van der Waals surface area contributed by atoms with E-state index in [2.05, 4.69) is 10.1 Å². The number of carbonyl (C=O) groups excluding carboxylic acids is 1. The highest BCUT2D eigenvalue weighted by molar-refractivity contribution is 6.09. The Morgan fingerprint density at radius 3 is 2.50 bits per heavy atom. The molecule has 2 N–H and O–H groups in total. The van der Waals surface area contributed by atoms with Crippen molar-refractivity contribution in [3.8, 4) is 11.3 Å². The van der Waals surface area contributed by atoms with E-state index >= 15 is 0 Å². The molecular formula is C18H21N3O3. The Labute approximate surface area is 141 Å². The van der Waals surface area contributed by atoms with Gasteiger partial charge in [0.15, 0.2) is 0 Å². The average molecular weight is 327 g/mol. The lowest BCUT2D eigenvalue weighted by Crippen LogP contribution is -2.23. The first-order chi connectivity index (χ1) is 11.3. The molecule has 0 fully saturated rings. The third-order valence-electron chi connectivity index (χ3n) is 3.07. The van der Waals surface area contributed by atoms with Crippen LogP contribution in [0.4, 0.5) is 0 Å². The zero-order valence-corrected chi connectivity index (χ0v) is 14.2. The number of esters is 1. The summed E-state index contributed by atoms with van der Waals surface area (Å²) in [6.45, 7) is 5.38. The molecule has 126 valence electrons. The molecule has 1 aromatic carbocycles. The average Bonchev–Trinajstić information content (AvgIpc) is 3.01. The van der Waals surface area contributed by atoms with Crippen LogP contribution >= 0.6 is 0 Å². The minimum atomic E-state index is -0.586. The van der Waals surface area contributed by atoms with Crippen LogP contribution in [0.15, 0.2) is 46.0 Å². The summed E-state index contributed by atoms with van der Waals surface area (Å²) in [7, 11) is 1.69. The molecule has 0 aliphatic heterocycles. The quantitative estimate of drug-likeness (QED) is 0.687. The van der Waals surface area contributed by atoms with E-state index in [4.69, 9.17) is 15.0 Å². The molecule has 0 aliphatic carbocycles. The summed E-state index contributed by atoms with van der Waals surface area (Å²) >= 11 is 0. The fraction of sp³-hybridized carbons (Fsp3) is 0.278. The Morgan fingerprint density at radius 1 is 1.29 bits per heavy atom. The van der Waals surface area contributed by atoms with Gasteiger partial charge < -0.3 is 15.0 Å². The van der Waals surface area contributed by atoms with Gasteiger partial charge in [0, 0.05) is 36.7 Å². The molecule has 6 nitrogen and oxygen atoms in total. The minimum absolute atomic E-state index is 0.0738. The number of hydrogen-bond acceptors (Lipinski definition) is 6. The Hall–Kier alpha value is -2.89. The molecule has 0 aliphatic rings. The van der Waals surface area contributed by atoms with E-state index < -0.39 is 11.6 Å². The van der Waals surface area contributed by atoms with Crippen LogP contribution in [0.3, 0.4) is 0 Å². The maximum atomic E-state index is 12.0. The first-order valence-corrected chi connectivity index (χ1v) is 7.49. The van der Waals surface area contributed by atoms with Gasteiger partial charge in [-0.05, 0) is 26.3 Å². The van der Waals surface area contributed by atoms with Crippen LogP contribution in [0.25, 0.3) is 16.8 Å². The molecule has 0 saturated carbocycles. The zero-order valence-electron chi connectivity index (χ0n) is 14.2. The topological polar surface area (TPSA) is 90.7 Å². The first-order valence-electron chi connectivity index (χ1n) is 7.49. The second-order valence-electron chi connectivity index (χ2n) is 6.16. The van der Waals surface area contributed by atoms with Crippen molar-refractivity contribution in [2.75, 3.05) is 7.05 Å². The van der Waals surface area contributed by atoms with E-state index in [1.165, 1.54) is 6.20 Å². The Kier molecular flexibility index (Phi) is 5.18. The van der Waals surface area contributed by atoms with Crippen molar-refractivity contribution >= 4 is 17.8 Å². The molecule has 1 aromatic heterocycles. The predicted octanol–water partition coefficient (Wildman–Crippen LogP) is 3.30. The van der Waals surface area contributed by atoms with Gasteiger partial charge in [-0.3, -0.25) is 4.99 Å². The van der Waals surface area contributed by atoms with Crippen LogP contribution in [0.2, 0.25) is 0 Å². The van der Waals surface area contributed by atoms with Gasteiger partial charge in [0.05, 0.1) is 0 Å². The van der Waals surface area contributed by atoms with Crippen molar-refractivity contribution in [3.05, 3.63) is 47.9 Å². The third-order valence-corrected chi connectivity index (χ3v) is 3.07. The zero-order chi connectivity index (χ0) is 17.7. The van der Waals surface area contributed by atoms with Crippen LogP contribution in [0.1, 0.15) is 36.9 Å². The van der Waals surface area contributed by atoms with Crippen molar-refractivity contribution in [3.63, 3.8) is 0 Å². The molecular weight excluding hydrogens is 306 g/mol. The standard InChI is InChI=1S/C18H21N3O3/c1-18(2,3)23-17(22)16-9-15(21-24-16)13-7-5-12(6-8-13)14(10-19)11-20-4/h5-11H,19H2,1-4H3. The van der Waals surface area contributed by atoms with Crippen molar-refractivity contribution in [2.24, 2.45) is 10.7 Å². The molecule has 0 radical (unpaired) electrons. The van der Waals surface area contributed by atoms with Crippen LogP contribution in [0, 0.1) is 0 Å². The van der Waals surface area contributed by atoms with Gasteiger partial charge in [-0.15, -0.1) is 0 Å². The third kappa shape index (κ3) is 4.32. The summed E-state index contributed by atoms with van der Waals surface area (Å²) in [5, 5.41) is 3.93. The molecule has 1 heterocycles. The maximum absolute atomic E-state index is 12.0. The molecule has 2 rings (SSSR count). The lowest BCUT2D eigenvalue weighted by atomic mass is 10.0. The summed E-state index contributed by atoms with van der Waals surface area (Å²) < 4.78 is 10.3. The minimum Gasteiger partial charge on any atom is -0.454 e. The number of rotatable bonds is 4. The van der Waals surface area contributed by atoms with Crippen LogP contribution in [0.5, 0.6) is 0 Å². The van der Waals surface area contributed by atoms with Gasteiger partial charge in [-0.25, -0.2) is 4.79 Å². The number of nitrogens with two attached hydrogens (primary N) is 1. The second kappa shape index (κ2) is 7.12. The highest BCUT2D eigenvalue weighted by atomic mass is 16.6. The highest BCUT2D eigenvalue weighted by Crippen LogP contribution is 2.23. The molecule has 0 unspecified atom stereocenters. The smallest absolute Gasteiger partial charge is 0.377 e. The van der Waals surface area contributed by atoms with Gasteiger partial charge in [0.2, 0.25) is 5.76 Å². The van der Waals surface area contributed by atoms with E-state index in [-0.39, 0.29) is 5.76 Å². The summed E-state index contributed by atoms with van der Waals surface area (Å²) in [4.78, 5) is 15.9. The number of hydrogen-bond donors (Lipinski definition) is 1. The fourth-order valence-corrected chi connectivity index (χ4v) is 2.02. The van der Waals surface area contributed by atoms with Gasteiger partial charge in [-0.1, -0.05) is 29.4 Å². The Morgan fingerprint density at radius 2 is 1.96 bits per heavy atom. The molecule has 0 amide bonds. The number of ether oxygens (including phenoxy) is 1. The molecule has 6 heteroatoms. The number of allylic oxidation sites excluding steroid dienone is 1. The fourth-order valence-electron chi connectivity index (χ4n) is 2.02. The monoisotopic (exact) mass is 327 g/mol. The summed E-state index contributed by atoms with van der Waals surface area (Å²) in [6.07, 6.45) is 3.18. The number of nitrogens with zero attached hydrogens (tertiary/aromatic N) is 2. The van der Waals surface area contributed by atoms with Crippen molar-refractivity contribution in [1.82, 2.24) is 5.16 Å². The lowest BCUT2D eigenvalue weighted by molar-refractivity contribution is 0.00277. The van der Waals surface area contributed by atoms with E-state index in [9.17, 15) is 4.79 Å². The van der Waals surface area contributed by atoms with Crippen LogP contribution in [-0.4, -0.2) is 30.0 Å². The normalized spacial score (nSPS) is 12.6. The predicted molar refractivity (Wildman–Crippen MR) is 93.7 cm³/mol. The molecule has 0 bridgehead atoms. The van der Waals surface area contributed by atoms with Gasteiger partial charge in [0.25, 0.3) is 0 Å². The van der Waals surface area contributed by atoms with E-state index in [1.54, 1.807) is 40.1 Å². The SMILES string of the molecule is CN=CC(=CN)c1ccc(-c2cc(C(=O)OC(C)(C)C)on2)cc1. The molecule has 0 atom stereocenters. The van der Waals surface area contributed by atoms with Crippen molar-refractivity contribution in [2.45, 2.75) is 26.4 Å². The number of aromatic nitrogens is 1. The van der Waals surface area contributed by atoms with Gasteiger partial charge in [0.1, 0.15) is 11.3 Å². The van der Waals surface area contributed by atoms with Gasteiger partial charge in [-0.2, -0.15) is 0 Å². The highest BCUT2D eigenvalue weighted by Gasteiger charge is 2.22. The molecule has 0 spiro atoms. The van der Waals surface area contributed by atoms with E-state index in [0.29, 0.717) is 5.69 Å². The first kappa shape index (κ1) is 17.5. The van der Waals surface area contributed by atoms with Crippen molar-refractivity contribution < 1.29 is 14.1 Å². The van der Waals surface area contributed by atoms with E-state index in [0.717, 1.165) is 16.7 Å². The summed E-state index contributed by atoms with van der Waals surface area (Å²) in [6, 6.07) is 9.11. The number of carbonyl (C=O) groups is 1. The molecule has 0 saturated heterocycles. The molecule has 24 heavy (non-hydrogen) atoms. The molecule has 2 aromatic rings. The van der Waals surface area contributed by atoms with Crippen LogP contribution < -0.4 is 5.73 Å². The summed E-state index contributed by atoms with van der Waals surface area (Å²) in [5.41, 5.74) is 8.14. The summed E-state index contributed by atoms with van der Waals surface area (Å²) in [5.74, 6) is -0.463. The van der Waals surface area contributed by atoms with Gasteiger partial charge >= 0.3 is 5.97 Å². The Balaban J connectivity index is 2.20. The van der Waals surface area contributed by atoms with E-state index in [1.807, 2.05) is 24.3 Å². The lowest BCUT2D eigenvalue weighted by Gasteiger charge is -2.17. The van der Waals surface area contributed by atoms with Crippen molar-refractivity contribution in [1.29, 1.82) is 0 Å². The Bertz CT molecular complexity index is 766. The van der Waals surface area contributed by atoms with Crippen LogP contribution in [-0.2, 0) is 4.74 Å². The second-order valence-corrected chi connectivity index (χ2v) is 6.16. The number of aliphatic imine (C=N–C) groups is 1. The number of benzene rings is 1. The maximum Gasteiger partial charge on any atom is 0.377 e. The largest absolute Gasteiger partial charge is 0.454 e.